The molecule has 0 saturated heterocycles. The van der Waals surface area contributed by atoms with E-state index in [1.54, 1.807) is 26.8 Å². The molecule has 6 nitrogen and oxygen atoms in total. The molecule has 0 aromatic heterocycles. The SMILES string of the molecule is CC(C)(C)OC(=O)N1CC=C[C@H]1C(=O)O.CC[NH2+]CC. The summed E-state index contributed by atoms with van der Waals surface area (Å²) in [5.74, 6) is -1.05. The lowest BCUT2D eigenvalue weighted by Gasteiger charge is -2.26. The van der Waals surface area contributed by atoms with Crippen LogP contribution in [0.4, 0.5) is 4.79 Å². The van der Waals surface area contributed by atoms with Gasteiger partial charge in [0.1, 0.15) is 5.60 Å². The van der Waals surface area contributed by atoms with Crippen LogP contribution in [0.3, 0.4) is 0 Å². The first kappa shape index (κ1) is 18.4. The summed E-state index contributed by atoms with van der Waals surface area (Å²) in [6.45, 7) is 12.3. The molecule has 0 unspecified atom stereocenters. The lowest BCUT2D eigenvalue weighted by molar-refractivity contribution is -0.648. The van der Waals surface area contributed by atoms with Gasteiger partial charge in [0.25, 0.3) is 0 Å². The van der Waals surface area contributed by atoms with Crippen LogP contribution < -0.4 is 5.32 Å². The Labute approximate surface area is 120 Å². The fraction of sp³-hybridized carbons (Fsp3) is 0.714. The van der Waals surface area contributed by atoms with Gasteiger partial charge in [-0.15, -0.1) is 0 Å². The summed E-state index contributed by atoms with van der Waals surface area (Å²) in [4.78, 5) is 23.5. The van der Waals surface area contributed by atoms with Crippen molar-refractivity contribution in [1.82, 2.24) is 4.90 Å². The van der Waals surface area contributed by atoms with Gasteiger partial charge in [0.15, 0.2) is 6.04 Å². The molecule has 0 saturated carbocycles. The second kappa shape index (κ2) is 8.58. The maximum Gasteiger partial charge on any atom is 0.411 e. The van der Waals surface area contributed by atoms with Crippen LogP contribution in [0.15, 0.2) is 12.2 Å². The van der Waals surface area contributed by atoms with E-state index in [1.807, 2.05) is 0 Å². The van der Waals surface area contributed by atoms with Gasteiger partial charge in [0, 0.05) is 6.54 Å². The average Bonchev–Trinajstić information content (AvgIpc) is 2.77. The number of quaternary nitrogens is 1. The van der Waals surface area contributed by atoms with Gasteiger partial charge < -0.3 is 15.2 Å². The Balaban J connectivity index is 0.000000621. The summed E-state index contributed by atoms with van der Waals surface area (Å²) in [6.07, 6.45) is 2.52. The van der Waals surface area contributed by atoms with E-state index in [2.05, 4.69) is 19.2 Å². The fourth-order valence-corrected chi connectivity index (χ4v) is 1.53. The zero-order chi connectivity index (χ0) is 15.8. The molecule has 0 fully saturated rings. The Kier molecular flexibility index (Phi) is 7.91. The van der Waals surface area contributed by atoms with Gasteiger partial charge in [-0.3, -0.25) is 4.90 Å². The molecule has 1 aliphatic heterocycles. The van der Waals surface area contributed by atoms with Crippen molar-refractivity contribution in [1.29, 1.82) is 0 Å². The molecule has 6 heteroatoms. The Morgan fingerprint density at radius 3 is 2.25 bits per heavy atom. The molecule has 0 aromatic carbocycles. The van der Waals surface area contributed by atoms with E-state index in [0.29, 0.717) is 0 Å². The third-order valence-electron chi connectivity index (χ3n) is 2.41. The molecule has 0 bridgehead atoms. The number of aliphatic carboxylic acids is 1. The minimum Gasteiger partial charge on any atom is -0.479 e. The number of hydrogen-bond donors (Lipinski definition) is 2. The van der Waals surface area contributed by atoms with Crippen LogP contribution in [0.1, 0.15) is 34.6 Å². The molecule has 0 aromatic rings. The molecule has 3 N–H and O–H groups in total. The van der Waals surface area contributed by atoms with Crippen molar-refractivity contribution in [3.05, 3.63) is 12.2 Å². The Bertz CT molecular complexity index is 346. The van der Waals surface area contributed by atoms with Crippen molar-refractivity contribution in [3.8, 4) is 0 Å². The Hall–Kier alpha value is -1.56. The number of carboxylic acid groups (broad SMARTS) is 1. The molecule has 1 aliphatic rings. The van der Waals surface area contributed by atoms with Gasteiger partial charge in [-0.05, 0) is 34.6 Å². The monoisotopic (exact) mass is 287 g/mol. The Morgan fingerprint density at radius 1 is 1.35 bits per heavy atom. The average molecular weight is 287 g/mol. The quantitative estimate of drug-likeness (QED) is 0.753. The number of ether oxygens (including phenoxy) is 1. The van der Waals surface area contributed by atoms with E-state index in [4.69, 9.17) is 9.84 Å². The van der Waals surface area contributed by atoms with Crippen LogP contribution in [-0.4, -0.2) is 53.3 Å². The van der Waals surface area contributed by atoms with E-state index in [-0.39, 0.29) is 6.54 Å². The van der Waals surface area contributed by atoms with E-state index < -0.39 is 23.7 Å². The first-order valence-corrected chi connectivity index (χ1v) is 6.93. The zero-order valence-corrected chi connectivity index (χ0v) is 13.0. The molecule has 0 radical (unpaired) electrons. The van der Waals surface area contributed by atoms with Crippen molar-refractivity contribution in [3.63, 3.8) is 0 Å². The first-order valence-electron chi connectivity index (χ1n) is 6.93. The van der Waals surface area contributed by atoms with Crippen LogP contribution in [0.5, 0.6) is 0 Å². The second-order valence-electron chi connectivity index (χ2n) is 5.45. The van der Waals surface area contributed by atoms with Gasteiger partial charge in [0.2, 0.25) is 0 Å². The standard InChI is InChI=1S/C10H15NO4.C4H11N/c1-10(2,3)15-9(14)11-6-4-5-7(11)8(12)13;1-3-5-4-2/h4-5,7H,6H2,1-3H3,(H,12,13);5H,3-4H2,1-2H3/p+1/t7-;/m0./s1. The first-order chi connectivity index (χ1) is 9.22. The second-order valence-corrected chi connectivity index (χ2v) is 5.45. The summed E-state index contributed by atoms with van der Waals surface area (Å²) >= 11 is 0. The third-order valence-corrected chi connectivity index (χ3v) is 2.41. The minimum absolute atomic E-state index is 0.284. The van der Waals surface area contributed by atoms with E-state index in [0.717, 1.165) is 0 Å². The van der Waals surface area contributed by atoms with Crippen LogP contribution in [0.25, 0.3) is 0 Å². The highest BCUT2D eigenvalue weighted by molar-refractivity contribution is 5.83. The number of rotatable bonds is 3. The van der Waals surface area contributed by atoms with Crippen molar-refractivity contribution >= 4 is 12.1 Å². The predicted molar refractivity (Wildman–Crippen MR) is 76.5 cm³/mol. The topological polar surface area (TPSA) is 83.5 Å². The smallest absolute Gasteiger partial charge is 0.411 e. The molecule has 0 spiro atoms. The van der Waals surface area contributed by atoms with Gasteiger partial charge in [-0.1, -0.05) is 12.2 Å². The van der Waals surface area contributed by atoms with Crippen molar-refractivity contribution in [2.45, 2.75) is 46.3 Å². The maximum atomic E-state index is 11.6. The summed E-state index contributed by atoms with van der Waals surface area (Å²) in [5.41, 5.74) is -0.608. The maximum absolute atomic E-state index is 11.6. The van der Waals surface area contributed by atoms with Crippen molar-refractivity contribution < 1.29 is 24.7 Å². The fourth-order valence-electron chi connectivity index (χ4n) is 1.53. The number of nitrogens with zero attached hydrogens (tertiary/aromatic N) is 1. The highest BCUT2D eigenvalue weighted by Crippen LogP contribution is 2.16. The van der Waals surface area contributed by atoms with Gasteiger partial charge in [0.05, 0.1) is 13.1 Å². The van der Waals surface area contributed by atoms with Crippen LogP contribution >= 0.6 is 0 Å². The number of amides is 1. The van der Waals surface area contributed by atoms with E-state index >= 15 is 0 Å². The molecular weight excluding hydrogens is 260 g/mol. The molecule has 1 amide bonds. The van der Waals surface area contributed by atoms with Crippen molar-refractivity contribution in [2.75, 3.05) is 19.6 Å². The van der Waals surface area contributed by atoms with Crippen LogP contribution in [0.2, 0.25) is 0 Å². The van der Waals surface area contributed by atoms with Gasteiger partial charge in [-0.2, -0.15) is 0 Å². The molecule has 116 valence electrons. The number of carbonyl (C=O) groups excluding carboxylic acids is 1. The summed E-state index contributed by atoms with van der Waals surface area (Å²) in [6, 6.07) is -0.903. The molecule has 1 rings (SSSR count). The molecule has 20 heavy (non-hydrogen) atoms. The lowest BCUT2D eigenvalue weighted by atomic mass is 10.2. The highest BCUT2D eigenvalue weighted by Gasteiger charge is 2.33. The third kappa shape index (κ3) is 7.13. The summed E-state index contributed by atoms with van der Waals surface area (Å²) in [7, 11) is 0. The van der Waals surface area contributed by atoms with Crippen molar-refractivity contribution in [2.24, 2.45) is 0 Å². The number of hydrogen-bond acceptors (Lipinski definition) is 3. The summed E-state index contributed by atoms with van der Waals surface area (Å²) < 4.78 is 5.09. The van der Waals surface area contributed by atoms with E-state index in [1.165, 1.54) is 24.1 Å². The predicted octanol–water partition coefficient (Wildman–Crippen LogP) is 0.836. The van der Waals surface area contributed by atoms with Crippen LogP contribution in [-0.2, 0) is 9.53 Å². The number of carboxylic acids is 1. The lowest BCUT2D eigenvalue weighted by Crippen LogP contribution is -2.82. The largest absolute Gasteiger partial charge is 0.479 e. The normalized spacial score (nSPS) is 17.4. The molecule has 1 atom stereocenters. The molecular formula is C14H27N2O4+. The minimum atomic E-state index is -1.05. The molecule has 0 aliphatic carbocycles. The van der Waals surface area contributed by atoms with Crippen LogP contribution in [0, 0.1) is 0 Å². The van der Waals surface area contributed by atoms with Gasteiger partial charge in [-0.25, -0.2) is 9.59 Å². The molecule has 1 heterocycles. The number of nitrogens with two attached hydrogens (primary N) is 1. The summed E-state index contributed by atoms with van der Waals surface area (Å²) in [5, 5.41) is 11.1. The highest BCUT2D eigenvalue weighted by atomic mass is 16.6. The zero-order valence-electron chi connectivity index (χ0n) is 13.0. The van der Waals surface area contributed by atoms with E-state index in [9.17, 15) is 9.59 Å². The van der Waals surface area contributed by atoms with Gasteiger partial charge >= 0.3 is 12.1 Å². The number of carbonyl (C=O) groups is 2. The Morgan fingerprint density at radius 2 is 1.90 bits per heavy atom.